The topological polar surface area (TPSA) is 49.6 Å². The molecule has 0 spiro atoms. The van der Waals surface area contributed by atoms with Gasteiger partial charge in [0, 0.05) is 32.1 Å². The highest BCUT2D eigenvalue weighted by molar-refractivity contribution is 5.78. The molecule has 0 aromatic heterocycles. The van der Waals surface area contributed by atoms with E-state index in [-0.39, 0.29) is 12.0 Å². The minimum Gasteiger partial charge on any atom is -0.344 e. The first kappa shape index (κ1) is 13.8. The molecule has 0 radical (unpaired) electrons. The average Bonchev–Trinajstić information content (AvgIpc) is 2.88. The fourth-order valence-electron chi connectivity index (χ4n) is 3.17. The second kappa shape index (κ2) is 6.53. The van der Waals surface area contributed by atoms with Gasteiger partial charge in [-0.2, -0.15) is 0 Å². The molecule has 2 rings (SSSR count). The number of hydrogen-bond acceptors (Lipinski definition) is 3. The summed E-state index contributed by atoms with van der Waals surface area (Å²) >= 11 is 0. The lowest BCUT2D eigenvalue weighted by Crippen LogP contribution is -2.41. The Balaban J connectivity index is 1.73. The van der Waals surface area contributed by atoms with Crippen LogP contribution >= 0.6 is 0 Å². The molecule has 18 heavy (non-hydrogen) atoms. The van der Waals surface area contributed by atoms with Crippen molar-refractivity contribution in [3.63, 3.8) is 0 Å². The van der Waals surface area contributed by atoms with Crippen LogP contribution in [0.25, 0.3) is 0 Å². The third-order valence-electron chi connectivity index (χ3n) is 4.39. The highest BCUT2D eigenvalue weighted by Crippen LogP contribution is 2.24. The maximum absolute atomic E-state index is 12.3. The van der Waals surface area contributed by atoms with E-state index < -0.39 is 0 Å². The Bertz CT molecular complexity index is 276. The van der Waals surface area contributed by atoms with E-state index in [4.69, 9.17) is 5.73 Å². The summed E-state index contributed by atoms with van der Waals surface area (Å²) in [6.07, 6.45) is 6.73. The Morgan fingerprint density at radius 3 is 2.67 bits per heavy atom. The number of carbonyl (C=O) groups is 1. The van der Waals surface area contributed by atoms with Crippen molar-refractivity contribution in [3.05, 3.63) is 0 Å². The van der Waals surface area contributed by atoms with E-state index in [9.17, 15) is 4.79 Å². The SMILES string of the molecule is CN(CCN1CCCC1)C(=O)C1CCCC(N)C1. The predicted molar refractivity (Wildman–Crippen MR) is 73.2 cm³/mol. The van der Waals surface area contributed by atoms with Crippen molar-refractivity contribution in [2.75, 3.05) is 33.2 Å². The zero-order valence-corrected chi connectivity index (χ0v) is 11.6. The van der Waals surface area contributed by atoms with E-state index in [1.165, 1.54) is 25.9 Å². The molecule has 0 aromatic rings. The standard InChI is InChI=1S/C14H27N3O/c1-16(9-10-17-7-2-3-8-17)14(18)12-5-4-6-13(15)11-12/h12-13H,2-11,15H2,1H3. The molecule has 4 heteroatoms. The molecule has 0 aromatic carbocycles. The molecule has 4 nitrogen and oxygen atoms in total. The number of likely N-dealkylation sites (tertiary alicyclic amines) is 1. The van der Waals surface area contributed by atoms with E-state index in [0.29, 0.717) is 5.91 Å². The largest absolute Gasteiger partial charge is 0.344 e. The minimum atomic E-state index is 0.178. The fourth-order valence-corrected chi connectivity index (χ4v) is 3.17. The van der Waals surface area contributed by atoms with Crippen LogP contribution in [0.1, 0.15) is 38.5 Å². The lowest BCUT2D eigenvalue weighted by molar-refractivity contribution is -0.135. The zero-order chi connectivity index (χ0) is 13.0. The Kier molecular flexibility index (Phi) is 5.01. The lowest BCUT2D eigenvalue weighted by atomic mass is 9.85. The molecule has 2 unspecified atom stereocenters. The second-order valence-corrected chi connectivity index (χ2v) is 5.93. The quantitative estimate of drug-likeness (QED) is 0.815. The van der Waals surface area contributed by atoms with Crippen molar-refractivity contribution in [3.8, 4) is 0 Å². The fraction of sp³-hybridized carbons (Fsp3) is 0.929. The maximum Gasteiger partial charge on any atom is 0.225 e. The second-order valence-electron chi connectivity index (χ2n) is 5.93. The number of amides is 1. The van der Waals surface area contributed by atoms with Gasteiger partial charge in [0.2, 0.25) is 5.91 Å². The molecule has 2 fully saturated rings. The van der Waals surface area contributed by atoms with Gasteiger partial charge in [0.15, 0.2) is 0 Å². The first-order valence-electron chi connectivity index (χ1n) is 7.39. The monoisotopic (exact) mass is 253 g/mol. The number of nitrogens with two attached hydrogens (primary N) is 1. The van der Waals surface area contributed by atoms with Crippen LogP contribution in [0.4, 0.5) is 0 Å². The molecule has 1 aliphatic heterocycles. The zero-order valence-electron chi connectivity index (χ0n) is 11.6. The summed E-state index contributed by atoms with van der Waals surface area (Å²) in [4.78, 5) is 16.7. The van der Waals surface area contributed by atoms with Gasteiger partial charge in [-0.15, -0.1) is 0 Å². The third-order valence-corrected chi connectivity index (χ3v) is 4.39. The van der Waals surface area contributed by atoms with E-state index in [1.807, 2.05) is 11.9 Å². The molecule has 2 aliphatic rings. The summed E-state index contributed by atoms with van der Waals surface area (Å²) in [5, 5.41) is 0. The summed E-state index contributed by atoms with van der Waals surface area (Å²) in [6.45, 7) is 4.30. The highest BCUT2D eigenvalue weighted by atomic mass is 16.2. The van der Waals surface area contributed by atoms with Crippen LogP contribution in [0.15, 0.2) is 0 Å². The van der Waals surface area contributed by atoms with Crippen molar-refractivity contribution in [1.29, 1.82) is 0 Å². The molecule has 1 saturated heterocycles. The van der Waals surface area contributed by atoms with Crippen LogP contribution in [0.2, 0.25) is 0 Å². The molecule has 1 heterocycles. The van der Waals surface area contributed by atoms with Gasteiger partial charge in [-0.05, 0) is 45.2 Å². The van der Waals surface area contributed by atoms with Crippen molar-refractivity contribution in [2.45, 2.75) is 44.6 Å². The lowest BCUT2D eigenvalue weighted by Gasteiger charge is -2.30. The molecule has 2 atom stereocenters. The number of hydrogen-bond donors (Lipinski definition) is 1. The van der Waals surface area contributed by atoms with Crippen LogP contribution in [-0.2, 0) is 4.79 Å². The van der Waals surface area contributed by atoms with E-state index >= 15 is 0 Å². The smallest absolute Gasteiger partial charge is 0.225 e. The molecular weight excluding hydrogens is 226 g/mol. The van der Waals surface area contributed by atoms with Crippen molar-refractivity contribution < 1.29 is 4.79 Å². The molecule has 2 N–H and O–H groups in total. The molecule has 1 saturated carbocycles. The first-order chi connectivity index (χ1) is 8.66. The van der Waals surface area contributed by atoms with Crippen molar-refractivity contribution in [2.24, 2.45) is 11.7 Å². The summed E-state index contributed by atoms with van der Waals surface area (Å²) < 4.78 is 0. The molecular formula is C14H27N3O. The van der Waals surface area contributed by atoms with Gasteiger partial charge >= 0.3 is 0 Å². The van der Waals surface area contributed by atoms with E-state index in [1.54, 1.807) is 0 Å². The van der Waals surface area contributed by atoms with Gasteiger partial charge in [0.1, 0.15) is 0 Å². The third kappa shape index (κ3) is 3.69. The van der Waals surface area contributed by atoms with Crippen LogP contribution in [0, 0.1) is 5.92 Å². The van der Waals surface area contributed by atoms with Crippen LogP contribution in [0.3, 0.4) is 0 Å². The highest BCUT2D eigenvalue weighted by Gasteiger charge is 2.27. The van der Waals surface area contributed by atoms with Crippen molar-refractivity contribution in [1.82, 2.24) is 9.80 Å². The van der Waals surface area contributed by atoms with Gasteiger partial charge < -0.3 is 15.5 Å². The summed E-state index contributed by atoms with van der Waals surface area (Å²) in [5.41, 5.74) is 5.96. The van der Waals surface area contributed by atoms with Gasteiger partial charge in [0.05, 0.1) is 0 Å². The van der Waals surface area contributed by atoms with Crippen LogP contribution in [0.5, 0.6) is 0 Å². The Morgan fingerprint density at radius 1 is 1.28 bits per heavy atom. The van der Waals surface area contributed by atoms with E-state index in [2.05, 4.69) is 4.90 Å². The van der Waals surface area contributed by atoms with Crippen LogP contribution < -0.4 is 5.73 Å². The summed E-state index contributed by atoms with van der Waals surface area (Å²) in [6, 6.07) is 0.236. The molecule has 1 aliphatic carbocycles. The van der Waals surface area contributed by atoms with Crippen molar-refractivity contribution >= 4 is 5.91 Å². The number of carbonyl (C=O) groups excluding carboxylic acids is 1. The number of nitrogens with zero attached hydrogens (tertiary/aromatic N) is 2. The maximum atomic E-state index is 12.3. The number of rotatable bonds is 4. The van der Waals surface area contributed by atoms with Crippen LogP contribution in [-0.4, -0.2) is 55.0 Å². The van der Waals surface area contributed by atoms with Gasteiger partial charge in [0.25, 0.3) is 0 Å². The van der Waals surface area contributed by atoms with Gasteiger partial charge in [-0.1, -0.05) is 6.42 Å². The molecule has 0 bridgehead atoms. The molecule has 104 valence electrons. The number of likely N-dealkylation sites (N-methyl/N-ethyl adjacent to an activating group) is 1. The minimum absolute atomic E-state index is 0.178. The normalized spacial score (nSPS) is 29.4. The van der Waals surface area contributed by atoms with E-state index in [0.717, 1.165) is 38.8 Å². The Hall–Kier alpha value is -0.610. The Morgan fingerprint density at radius 2 is 2.00 bits per heavy atom. The van der Waals surface area contributed by atoms with Gasteiger partial charge in [-0.25, -0.2) is 0 Å². The summed E-state index contributed by atoms with van der Waals surface area (Å²) in [5.74, 6) is 0.488. The average molecular weight is 253 g/mol. The summed E-state index contributed by atoms with van der Waals surface area (Å²) in [7, 11) is 1.94. The Labute approximate surface area is 110 Å². The molecule has 1 amide bonds. The predicted octanol–water partition coefficient (Wildman–Crippen LogP) is 1.06. The first-order valence-corrected chi connectivity index (χ1v) is 7.39. The van der Waals surface area contributed by atoms with Gasteiger partial charge in [-0.3, -0.25) is 4.79 Å².